The van der Waals surface area contributed by atoms with Crippen LogP contribution in [0.1, 0.15) is 24.2 Å². The van der Waals surface area contributed by atoms with E-state index in [0.717, 1.165) is 13.1 Å². The molecule has 0 bridgehead atoms. The molecule has 2 rings (SSSR count). The standard InChI is InChI=1S/C17H24ClN3O3/c1-17(2,21-6-8-24-9-7-21)12-20-15(22)11-19-16(23)13-4-3-5-14(18)10-13/h3-5,10H,6-9,11-12H2,1-2H3,(H,19,23)(H,20,22). The zero-order valence-electron chi connectivity index (χ0n) is 14.1. The average molecular weight is 354 g/mol. The smallest absolute Gasteiger partial charge is 0.251 e. The fourth-order valence-corrected chi connectivity index (χ4v) is 2.74. The van der Waals surface area contributed by atoms with Gasteiger partial charge in [-0.05, 0) is 32.0 Å². The number of carbonyl (C=O) groups excluding carboxylic acids is 2. The second-order valence-electron chi connectivity index (χ2n) is 6.38. The Bertz CT molecular complexity index is 586. The van der Waals surface area contributed by atoms with E-state index in [1.807, 2.05) is 0 Å². The number of halogens is 1. The summed E-state index contributed by atoms with van der Waals surface area (Å²) in [5.74, 6) is -0.535. The first-order valence-corrected chi connectivity index (χ1v) is 8.39. The van der Waals surface area contributed by atoms with Crippen LogP contribution in [0.4, 0.5) is 0 Å². The molecule has 24 heavy (non-hydrogen) atoms. The van der Waals surface area contributed by atoms with E-state index < -0.39 is 0 Å². The quantitative estimate of drug-likeness (QED) is 0.808. The largest absolute Gasteiger partial charge is 0.379 e. The van der Waals surface area contributed by atoms with Crippen molar-refractivity contribution < 1.29 is 14.3 Å². The average Bonchev–Trinajstić information content (AvgIpc) is 2.58. The van der Waals surface area contributed by atoms with Gasteiger partial charge >= 0.3 is 0 Å². The summed E-state index contributed by atoms with van der Waals surface area (Å²) < 4.78 is 5.35. The van der Waals surface area contributed by atoms with Crippen molar-refractivity contribution in [2.45, 2.75) is 19.4 Å². The van der Waals surface area contributed by atoms with Crippen LogP contribution in [0, 0.1) is 0 Å². The van der Waals surface area contributed by atoms with Gasteiger partial charge in [-0.15, -0.1) is 0 Å². The van der Waals surface area contributed by atoms with Crippen molar-refractivity contribution in [1.29, 1.82) is 0 Å². The van der Waals surface area contributed by atoms with Gasteiger partial charge in [0.05, 0.1) is 19.8 Å². The van der Waals surface area contributed by atoms with Gasteiger partial charge in [0.15, 0.2) is 0 Å². The van der Waals surface area contributed by atoms with Gasteiger partial charge in [0, 0.05) is 35.8 Å². The van der Waals surface area contributed by atoms with Gasteiger partial charge in [-0.25, -0.2) is 0 Å². The van der Waals surface area contributed by atoms with Gasteiger partial charge in [0.2, 0.25) is 5.91 Å². The maximum absolute atomic E-state index is 12.0. The third-order valence-corrected chi connectivity index (χ3v) is 4.32. The van der Waals surface area contributed by atoms with Crippen LogP contribution in [0.15, 0.2) is 24.3 Å². The van der Waals surface area contributed by atoms with Gasteiger partial charge in [-0.2, -0.15) is 0 Å². The number of nitrogens with zero attached hydrogens (tertiary/aromatic N) is 1. The Kier molecular flexibility index (Phi) is 6.60. The van der Waals surface area contributed by atoms with Gasteiger partial charge in [0.25, 0.3) is 5.91 Å². The van der Waals surface area contributed by atoms with E-state index in [-0.39, 0.29) is 23.9 Å². The number of hydrogen-bond acceptors (Lipinski definition) is 4. The second-order valence-corrected chi connectivity index (χ2v) is 6.82. The number of ether oxygens (including phenoxy) is 1. The number of hydrogen-bond donors (Lipinski definition) is 2. The van der Waals surface area contributed by atoms with E-state index in [1.54, 1.807) is 24.3 Å². The van der Waals surface area contributed by atoms with E-state index >= 15 is 0 Å². The molecule has 1 saturated heterocycles. The summed E-state index contributed by atoms with van der Waals surface area (Å²) in [4.78, 5) is 26.3. The minimum absolute atomic E-state index is 0.0649. The van der Waals surface area contributed by atoms with Gasteiger partial charge in [-0.3, -0.25) is 14.5 Å². The molecule has 0 aliphatic carbocycles. The molecule has 0 atom stereocenters. The molecule has 0 spiro atoms. The highest BCUT2D eigenvalue weighted by Crippen LogP contribution is 2.15. The van der Waals surface area contributed by atoms with Crippen LogP contribution < -0.4 is 10.6 Å². The summed E-state index contributed by atoms with van der Waals surface area (Å²) in [6.07, 6.45) is 0. The lowest BCUT2D eigenvalue weighted by Gasteiger charge is -2.40. The Balaban J connectivity index is 1.75. The molecule has 1 aliphatic rings. The summed E-state index contributed by atoms with van der Waals surface area (Å²) in [5.41, 5.74) is 0.278. The maximum atomic E-state index is 12.0. The Hall–Kier alpha value is -1.63. The predicted octanol–water partition coefficient (Wildman–Crippen LogP) is 1.30. The van der Waals surface area contributed by atoms with E-state index in [0.29, 0.717) is 30.3 Å². The zero-order chi connectivity index (χ0) is 17.6. The molecule has 1 aromatic carbocycles. The molecule has 6 nitrogen and oxygen atoms in total. The van der Waals surface area contributed by atoms with E-state index in [2.05, 4.69) is 29.4 Å². The van der Waals surface area contributed by atoms with Crippen LogP contribution in [-0.2, 0) is 9.53 Å². The molecule has 1 fully saturated rings. The van der Waals surface area contributed by atoms with Crippen molar-refractivity contribution in [3.05, 3.63) is 34.9 Å². The molecule has 1 aromatic rings. The van der Waals surface area contributed by atoms with Crippen LogP contribution in [-0.4, -0.2) is 61.6 Å². The highest BCUT2D eigenvalue weighted by atomic mass is 35.5. The molecule has 1 aliphatic heterocycles. The summed E-state index contributed by atoms with van der Waals surface area (Å²) >= 11 is 5.85. The maximum Gasteiger partial charge on any atom is 0.251 e. The molecule has 7 heteroatoms. The Morgan fingerprint density at radius 2 is 1.96 bits per heavy atom. The highest BCUT2D eigenvalue weighted by molar-refractivity contribution is 6.30. The third kappa shape index (κ3) is 5.47. The summed E-state index contributed by atoms with van der Waals surface area (Å²) in [7, 11) is 0. The molecule has 0 aromatic heterocycles. The van der Waals surface area contributed by atoms with E-state index in [1.165, 1.54) is 0 Å². The Labute approximate surface area is 147 Å². The topological polar surface area (TPSA) is 70.7 Å². The van der Waals surface area contributed by atoms with Crippen molar-refractivity contribution >= 4 is 23.4 Å². The minimum atomic E-state index is -0.319. The highest BCUT2D eigenvalue weighted by Gasteiger charge is 2.28. The third-order valence-electron chi connectivity index (χ3n) is 4.08. The second kappa shape index (κ2) is 8.46. The van der Waals surface area contributed by atoms with Gasteiger partial charge in [0.1, 0.15) is 0 Å². The van der Waals surface area contributed by atoms with Crippen molar-refractivity contribution in [3.63, 3.8) is 0 Å². The lowest BCUT2D eigenvalue weighted by molar-refractivity contribution is -0.120. The molecular formula is C17H24ClN3O3. The lowest BCUT2D eigenvalue weighted by atomic mass is 10.0. The number of carbonyl (C=O) groups is 2. The number of amides is 2. The van der Waals surface area contributed by atoms with Crippen LogP contribution in [0.2, 0.25) is 5.02 Å². The van der Waals surface area contributed by atoms with Crippen LogP contribution in [0.5, 0.6) is 0 Å². The van der Waals surface area contributed by atoms with Crippen molar-refractivity contribution in [1.82, 2.24) is 15.5 Å². The number of rotatable bonds is 6. The number of benzene rings is 1. The van der Waals surface area contributed by atoms with E-state index in [4.69, 9.17) is 16.3 Å². The summed E-state index contributed by atoms with van der Waals surface area (Å²) in [6.45, 7) is 7.76. The van der Waals surface area contributed by atoms with Crippen LogP contribution in [0.3, 0.4) is 0 Å². The first-order valence-electron chi connectivity index (χ1n) is 8.02. The van der Waals surface area contributed by atoms with Crippen LogP contribution in [0.25, 0.3) is 0 Å². The zero-order valence-corrected chi connectivity index (χ0v) is 14.9. The monoisotopic (exact) mass is 353 g/mol. The molecule has 0 unspecified atom stereocenters. The predicted molar refractivity (Wildman–Crippen MR) is 93.3 cm³/mol. The van der Waals surface area contributed by atoms with Crippen molar-refractivity contribution in [3.8, 4) is 0 Å². The molecule has 2 amide bonds. The van der Waals surface area contributed by atoms with E-state index in [9.17, 15) is 9.59 Å². The van der Waals surface area contributed by atoms with Crippen molar-refractivity contribution in [2.24, 2.45) is 0 Å². The van der Waals surface area contributed by atoms with Crippen LogP contribution >= 0.6 is 11.6 Å². The fraction of sp³-hybridized carbons (Fsp3) is 0.529. The van der Waals surface area contributed by atoms with Gasteiger partial charge < -0.3 is 15.4 Å². The summed E-state index contributed by atoms with van der Waals surface area (Å²) in [5, 5.41) is 5.96. The number of morpholine rings is 1. The first kappa shape index (κ1) is 18.7. The molecule has 0 saturated carbocycles. The molecule has 2 N–H and O–H groups in total. The molecule has 1 heterocycles. The number of nitrogens with one attached hydrogen (secondary N) is 2. The molecule has 132 valence electrons. The van der Waals surface area contributed by atoms with Gasteiger partial charge in [-0.1, -0.05) is 17.7 Å². The Morgan fingerprint density at radius 1 is 1.25 bits per heavy atom. The minimum Gasteiger partial charge on any atom is -0.379 e. The summed E-state index contributed by atoms with van der Waals surface area (Å²) in [6, 6.07) is 6.61. The SMILES string of the molecule is CC(C)(CNC(=O)CNC(=O)c1cccc(Cl)c1)N1CCOCC1. The molecule has 0 radical (unpaired) electrons. The first-order chi connectivity index (χ1) is 11.4. The molecular weight excluding hydrogens is 330 g/mol. The normalized spacial score (nSPS) is 15.8. The van der Waals surface area contributed by atoms with Crippen molar-refractivity contribution in [2.75, 3.05) is 39.4 Å². The Morgan fingerprint density at radius 3 is 2.62 bits per heavy atom. The fourth-order valence-electron chi connectivity index (χ4n) is 2.55. The lowest BCUT2D eigenvalue weighted by Crippen LogP contribution is -2.56.